The van der Waals surface area contributed by atoms with E-state index < -0.39 is 6.61 Å². The predicted molar refractivity (Wildman–Crippen MR) is 128 cm³/mol. The van der Waals surface area contributed by atoms with Crippen molar-refractivity contribution in [3.8, 4) is 17.0 Å². The molecule has 11 heteroatoms. The van der Waals surface area contributed by atoms with Gasteiger partial charge in [-0.1, -0.05) is 6.07 Å². The van der Waals surface area contributed by atoms with E-state index in [-0.39, 0.29) is 29.7 Å². The Labute approximate surface area is 210 Å². The number of carbonyl (C=O) groups is 1. The molecular formula is C26H23F2N7O2. The molecule has 2 bridgehead atoms. The lowest BCUT2D eigenvalue weighted by Gasteiger charge is -2.23. The first-order chi connectivity index (χ1) is 17.9. The van der Waals surface area contributed by atoms with Crippen LogP contribution in [0.3, 0.4) is 0 Å². The van der Waals surface area contributed by atoms with E-state index in [0.29, 0.717) is 46.3 Å². The highest BCUT2D eigenvalue weighted by Gasteiger charge is 2.46. The summed E-state index contributed by atoms with van der Waals surface area (Å²) in [6.45, 7) is -3.01. The van der Waals surface area contributed by atoms with Crippen LogP contribution in [-0.2, 0) is 0 Å². The molecule has 188 valence electrons. The minimum atomic E-state index is -3.01. The van der Waals surface area contributed by atoms with E-state index >= 15 is 0 Å². The van der Waals surface area contributed by atoms with Crippen LogP contribution in [0.25, 0.3) is 16.9 Å². The van der Waals surface area contributed by atoms with Crippen molar-refractivity contribution in [3.05, 3.63) is 71.1 Å². The molecule has 3 aliphatic rings. The van der Waals surface area contributed by atoms with Gasteiger partial charge < -0.3 is 15.4 Å². The molecule has 4 aromatic rings. The van der Waals surface area contributed by atoms with Gasteiger partial charge in [-0.25, -0.2) is 19.5 Å². The summed E-state index contributed by atoms with van der Waals surface area (Å²) in [5, 5.41) is 4.75. The Morgan fingerprint density at radius 1 is 1.14 bits per heavy atom. The number of ether oxygens (including phenoxy) is 1. The topological polar surface area (TPSA) is 112 Å². The molecule has 1 saturated carbocycles. The quantitative estimate of drug-likeness (QED) is 0.440. The molecule has 2 N–H and O–H groups in total. The highest BCUT2D eigenvalue weighted by atomic mass is 19.3. The second-order valence-corrected chi connectivity index (χ2v) is 9.89. The predicted octanol–water partition coefficient (Wildman–Crippen LogP) is 3.86. The lowest BCUT2D eigenvalue weighted by atomic mass is 9.89. The average Bonchev–Trinajstić information content (AvgIpc) is 3.61. The highest BCUT2D eigenvalue weighted by Crippen LogP contribution is 2.53. The zero-order valence-electron chi connectivity index (χ0n) is 19.9. The molecular weight excluding hydrogens is 480 g/mol. The van der Waals surface area contributed by atoms with E-state index in [1.807, 2.05) is 6.07 Å². The molecule has 1 amide bonds. The fourth-order valence-corrected chi connectivity index (χ4v) is 5.69. The van der Waals surface area contributed by atoms with Crippen molar-refractivity contribution in [1.29, 1.82) is 0 Å². The molecule has 3 atom stereocenters. The first-order valence-corrected chi connectivity index (χ1v) is 12.2. The highest BCUT2D eigenvalue weighted by molar-refractivity contribution is 5.98. The molecule has 3 unspecified atom stereocenters. The molecule has 0 radical (unpaired) electrons. The van der Waals surface area contributed by atoms with Crippen molar-refractivity contribution < 1.29 is 18.3 Å². The van der Waals surface area contributed by atoms with Crippen LogP contribution < -0.4 is 10.5 Å². The SMILES string of the molecule is CN1C(=O)c2cccc(OC(F)F)c2C2CC1c1nn3ccc(-c4cnc(C(N)C5CC5)nc4)nc3c12. The Hall–Kier alpha value is -3.99. The van der Waals surface area contributed by atoms with Crippen molar-refractivity contribution >= 4 is 11.6 Å². The van der Waals surface area contributed by atoms with Gasteiger partial charge in [-0.05, 0) is 43.4 Å². The number of halogens is 2. The first-order valence-electron chi connectivity index (χ1n) is 12.2. The Bertz CT molecular complexity index is 1550. The van der Waals surface area contributed by atoms with Crippen LogP contribution in [0.4, 0.5) is 8.78 Å². The third-order valence-electron chi connectivity index (χ3n) is 7.72. The van der Waals surface area contributed by atoms with E-state index in [9.17, 15) is 13.6 Å². The van der Waals surface area contributed by atoms with Gasteiger partial charge in [0, 0.05) is 53.8 Å². The van der Waals surface area contributed by atoms with Gasteiger partial charge >= 0.3 is 6.61 Å². The van der Waals surface area contributed by atoms with Gasteiger partial charge in [-0.15, -0.1) is 0 Å². The number of alkyl halides is 2. The number of fused-ring (bicyclic) bond motifs is 9. The van der Waals surface area contributed by atoms with Crippen LogP contribution in [-0.4, -0.2) is 49.0 Å². The number of nitrogens with two attached hydrogens (primary N) is 1. The molecule has 4 heterocycles. The van der Waals surface area contributed by atoms with Crippen LogP contribution in [0, 0.1) is 5.92 Å². The zero-order valence-corrected chi connectivity index (χ0v) is 19.9. The second kappa shape index (κ2) is 8.01. The molecule has 2 aliphatic carbocycles. The minimum Gasteiger partial charge on any atom is -0.434 e. The number of hydrogen-bond acceptors (Lipinski definition) is 7. The Balaban J connectivity index is 1.35. The summed E-state index contributed by atoms with van der Waals surface area (Å²) in [5.41, 5.74) is 10.5. The summed E-state index contributed by atoms with van der Waals surface area (Å²) in [7, 11) is 1.71. The van der Waals surface area contributed by atoms with Crippen molar-refractivity contribution in [3.63, 3.8) is 0 Å². The number of carbonyl (C=O) groups excluding carboxylic acids is 1. The van der Waals surface area contributed by atoms with E-state index in [0.717, 1.165) is 24.0 Å². The largest absolute Gasteiger partial charge is 0.434 e. The van der Waals surface area contributed by atoms with Gasteiger partial charge in [0.25, 0.3) is 5.91 Å². The van der Waals surface area contributed by atoms with Gasteiger partial charge in [-0.2, -0.15) is 13.9 Å². The smallest absolute Gasteiger partial charge is 0.387 e. The summed E-state index contributed by atoms with van der Waals surface area (Å²) in [6.07, 6.45) is 7.96. The molecule has 1 aliphatic heterocycles. The zero-order chi connectivity index (χ0) is 25.4. The third-order valence-corrected chi connectivity index (χ3v) is 7.72. The minimum absolute atomic E-state index is 0.000699. The number of nitrogens with zero attached hydrogens (tertiary/aromatic N) is 6. The van der Waals surface area contributed by atoms with Crippen LogP contribution >= 0.6 is 0 Å². The number of amides is 1. The van der Waals surface area contributed by atoms with Crippen molar-refractivity contribution in [2.24, 2.45) is 11.7 Å². The number of hydrogen-bond donors (Lipinski definition) is 1. The van der Waals surface area contributed by atoms with Gasteiger partial charge in [0.05, 0.1) is 23.5 Å². The van der Waals surface area contributed by atoms with Crippen LogP contribution in [0.5, 0.6) is 5.75 Å². The molecule has 0 saturated heterocycles. The molecule has 0 spiro atoms. The average molecular weight is 504 g/mol. The van der Waals surface area contributed by atoms with Crippen LogP contribution in [0.2, 0.25) is 0 Å². The number of rotatable bonds is 5. The maximum atomic E-state index is 13.3. The van der Waals surface area contributed by atoms with Crippen LogP contribution in [0.15, 0.2) is 42.9 Å². The van der Waals surface area contributed by atoms with Crippen molar-refractivity contribution in [1.82, 2.24) is 29.5 Å². The molecule has 3 aromatic heterocycles. The second-order valence-electron chi connectivity index (χ2n) is 9.89. The Morgan fingerprint density at radius 2 is 1.92 bits per heavy atom. The van der Waals surface area contributed by atoms with E-state index in [2.05, 4.69) is 9.97 Å². The molecule has 9 nitrogen and oxygen atoms in total. The lowest BCUT2D eigenvalue weighted by Crippen LogP contribution is -2.30. The van der Waals surface area contributed by atoms with Gasteiger partial charge in [0.2, 0.25) is 0 Å². The fraction of sp³-hybridized carbons (Fsp3) is 0.346. The maximum absolute atomic E-state index is 13.3. The number of aromatic nitrogens is 5. The van der Waals surface area contributed by atoms with E-state index in [1.165, 1.54) is 6.07 Å². The monoisotopic (exact) mass is 503 g/mol. The Morgan fingerprint density at radius 3 is 2.65 bits per heavy atom. The summed E-state index contributed by atoms with van der Waals surface area (Å²) >= 11 is 0. The molecule has 37 heavy (non-hydrogen) atoms. The summed E-state index contributed by atoms with van der Waals surface area (Å²) in [5.74, 6) is 0.442. The van der Waals surface area contributed by atoms with Crippen molar-refractivity contribution in [2.45, 2.75) is 43.9 Å². The van der Waals surface area contributed by atoms with E-state index in [4.69, 9.17) is 20.6 Å². The van der Waals surface area contributed by atoms with Gasteiger partial charge in [-0.3, -0.25) is 4.79 Å². The summed E-state index contributed by atoms with van der Waals surface area (Å²) in [4.78, 5) is 28.7. The van der Waals surface area contributed by atoms with Gasteiger partial charge in [0.15, 0.2) is 5.65 Å². The normalized spacial score (nSPS) is 21.2. The summed E-state index contributed by atoms with van der Waals surface area (Å²) in [6, 6.07) is 6.06. The lowest BCUT2D eigenvalue weighted by molar-refractivity contribution is -0.0505. The third kappa shape index (κ3) is 3.41. The number of benzene rings is 1. The maximum Gasteiger partial charge on any atom is 0.387 e. The standard InChI is InChI=1S/C26H23F2N7O2/c1-34-17-9-15(19-14(25(34)36)3-2-4-18(19)37-26(27)28)20-22(17)33-35-8-7-16(32-24(20)35)13-10-30-23(31-11-13)21(29)12-5-6-12/h2-4,7-8,10-12,15,17,21,26H,5-6,9,29H2,1H3. The molecule has 1 aromatic carbocycles. The fourth-order valence-electron chi connectivity index (χ4n) is 5.69. The Kier molecular flexibility index (Phi) is 4.81. The van der Waals surface area contributed by atoms with Gasteiger partial charge in [0.1, 0.15) is 11.6 Å². The van der Waals surface area contributed by atoms with E-state index in [1.54, 1.807) is 47.2 Å². The van der Waals surface area contributed by atoms with Crippen molar-refractivity contribution in [2.75, 3.05) is 7.05 Å². The first kappa shape index (κ1) is 22.2. The summed E-state index contributed by atoms with van der Waals surface area (Å²) < 4.78 is 33.1. The molecule has 1 fully saturated rings. The van der Waals surface area contributed by atoms with Crippen LogP contribution in [0.1, 0.15) is 70.3 Å². The molecule has 7 rings (SSSR count).